The lowest BCUT2D eigenvalue weighted by atomic mass is 10.2. The van der Waals surface area contributed by atoms with Crippen LogP contribution in [-0.2, 0) is 6.54 Å². The number of rotatable bonds is 6. The van der Waals surface area contributed by atoms with Crippen LogP contribution in [0.4, 0.5) is 5.88 Å². The molecule has 0 amide bonds. The Balaban J connectivity index is 2.00. The Morgan fingerprint density at radius 1 is 1.61 bits per heavy atom. The van der Waals surface area contributed by atoms with Crippen LogP contribution >= 0.6 is 0 Å². The van der Waals surface area contributed by atoms with Gasteiger partial charge in [0.25, 0.3) is 0 Å². The van der Waals surface area contributed by atoms with Gasteiger partial charge in [-0.2, -0.15) is 0 Å². The fraction of sp³-hybridized carbons (Fsp3) is 0.667. The van der Waals surface area contributed by atoms with Gasteiger partial charge in [-0.3, -0.25) is 15.0 Å². The third kappa shape index (κ3) is 3.08. The number of hydrogen-bond acceptors (Lipinski definition) is 5. The molecule has 0 aromatic carbocycles. The number of nitrogens with zero attached hydrogens (tertiary/aromatic N) is 2. The lowest BCUT2D eigenvalue weighted by Crippen LogP contribution is -2.36. The molecule has 0 radical (unpaired) electrons. The quantitative estimate of drug-likeness (QED) is 0.618. The van der Waals surface area contributed by atoms with Crippen molar-refractivity contribution >= 4 is 5.88 Å². The van der Waals surface area contributed by atoms with Crippen LogP contribution in [0.25, 0.3) is 0 Å². The molecule has 100 valence electrons. The van der Waals surface area contributed by atoms with Gasteiger partial charge in [-0.25, -0.2) is 0 Å². The van der Waals surface area contributed by atoms with Crippen molar-refractivity contribution in [2.24, 2.45) is 0 Å². The van der Waals surface area contributed by atoms with Crippen molar-refractivity contribution in [3.05, 3.63) is 28.0 Å². The molecule has 0 bridgehead atoms. The van der Waals surface area contributed by atoms with Crippen LogP contribution in [0.5, 0.6) is 0 Å². The van der Waals surface area contributed by atoms with E-state index in [1.54, 1.807) is 6.07 Å². The van der Waals surface area contributed by atoms with Gasteiger partial charge in [-0.1, -0.05) is 6.92 Å². The van der Waals surface area contributed by atoms with Crippen molar-refractivity contribution in [2.45, 2.75) is 32.4 Å². The molecule has 2 heterocycles. The number of nitro groups is 1. The Hall–Kier alpha value is -1.40. The molecular weight excluding hydrogens is 234 g/mol. The summed E-state index contributed by atoms with van der Waals surface area (Å²) in [5, 5.41) is 13.9. The summed E-state index contributed by atoms with van der Waals surface area (Å²) in [6, 6.07) is 3.63. The number of nitrogens with one attached hydrogen (secondary N) is 1. The summed E-state index contributed by atoms with van der Waals surface area (Å²) < 4.78 is 5.22. The molecule has 1 aromatic rings. The minimum Gasteiger partial charge on any atom is -0.404 e. The molecule has 1 aliphatic heterocycles. The maximum atomic E-state index is 10.6. The molecule has 1 aliphatic rings. The first-order chi connectivity index (χ1) is 8.70. The van der Waals surface area contributed by atoms with E-state index in [9.17, 15) is 10.1 Å². The van der Waals surface area contributed by atoms with E-state index in [0.29, 0.717) is 18.3 Å². The topological polar surface area (TPSA) is 71.5 Å². The van der Waals surface area contributed by atoms with Crippen LogP contribution in [0.1, 0.15) is 25.5 Å². The summed E-state index contributed by atoms with van der Waals surface area (Å²) in [6.07, 6.45) is 2.20. The second-order valence-corrected chi connectivity index (χ2v) is 4.61. The molecule has 0 aliphatic carbocycles. The zero-order valence-electron chi connectivity index (χ0n) is 10.6. The second kappa shape index (κ2) is 5.97. The number of hydrogen-bond donors (Lipinski definition) is 1. The first-order valence-corrected chi connectivity index (χ1v) is 6.38. The van der Waals surface area contributed by atoms with E-state index in [1.165, 1.54) is 6.07 Å². The van der Waals surface area contributed by atoms with Gasteiger partial charge in [-0.05, 0) is 32.0 Å². The van der Waals surface area contributed by atoms with E-state index in [-0.39, 0.29) is 5.88 Å². The highest BCUT2D eigenvalue weighted by Gasteiger charge is 2.23. The standard InChI is InChI=1S/C12H19N3O3/c1-2-7-14(10-5-6-13-8-10)9-11-3-4-12(18-11)15(16)17/h3-4,10,13H,2,5-9H2,1H3. The highest BCUT2D eigenvalue weighted by Crippen LogP contribution is 2.19. The van der Waals surface area contributed by atoms with Gasteiger partial charge in [-0.15, -0.1) is 0 Å². The smallest absolute Gasteiger partial charge is 0.404 e. The molecule has 18 heavy (non-hydrogen) atoms. The Kier molecular flexibility index (Phi) is 4.33. The predicted octanol–water partition coefficient (Wildman–Crippen LogP) is 1.76. The third-order valence-corrected chi connectivity index (χ3v) is 3.25. The molecule has 1 unspecified atom stereocenters. The highest BCUT2D eigenvalue weighted by atomic mass is 16.6. The monoisotopic (exact) mass is 253 g/mol. The van der Waals surface area contributed by atoms with Gasteiger partial charge in [0.15, 0.2) is 0 Å². The lowest BCUT2D eigenvalue weighted by molar-refractivity contribution is -0.402. The van der Waals surface area contributed by atoms with E-state index < -0.39 is 4.92 Å². The summed E-state index contributed by atoms with van der Waals surface area (Å²) in [4.78, 5) is 12.4. The van der Waals surface area contributed by atoms with Crippen molar-refractivity contribution in [1.29, 1.82) is 0 Å². The molecule has 1 saturated heterocycles. The zero-order chi connectivity index (χ0) is 13.0. The van der Waals surface area contributed by atoms with Crippen molar-refractivity contribution in [2.75, 3.05) is 19.6 Å². The molecule has 1 atom stereocenters. The Morgan fingerprint density at radius 3 is 3.00 bits per heavy atom. The van der Waals surface area contributed by atoms with E-state index >= 15 is 0 Å². The molecule has 2 rings (SSSR count). The van der Waals surface area contributed by atoms with Crippen molar-refractivity contribution < 1.29 is 9.34 Å². The van der Waals surface area contributed by atoms with Gasteiger partial charge in [0.1, 0.15) is 10.7 Å². The average Bonchev–Trinajstić information content (AvgIpc) is 2.99. The van der Waals surface area contributed by atoms with E-state index in [0.717, 1.165) is 32.5 Å². The molecular formula is C12H19N3O3. The van der Waals surface area contributed by atoms with Gasteiger partial charge in [0.2, 0.25) is 0 Å². The van der Waals surface area contributed by atoms with Crippen LogP contribution in [0.15, 0.2) is 16.5 Å². The van der Waals surface area contributed by atoms with Gasteiger partial charge in [0, 0.05) is 12.6 Å². The molecule has 1 fully saturated rings. The SMILES string of the molecule is CCCN(Cc1ccc([N+](=O)[O-])o1)C1CCNC1. The van der Waals surface area contributed by atoms with Gasteiger partial charge >= 0.3 is 5.88 Å². The average molecular weight is 253 g/mol. The Bertz CT molecular complexity index is 399. The minimum atomic E-state index is -0.495. The second-order valence-electron chi connectivity index (χ2n) is 4.61. The van der Waals surface area contributed by atoms with Crippen LogP contribution in [0.2, 0.25) is 0 Å². The summed E-state index contributed by atoms with van der Waals surface area (Å²) in [5.74, 6) is 0.494. The zero-order valence-corrected chi connectivity index (χ0v) is 10.6. The maximum Gasteiger partial charge on any atom is 0.433 e. The van der Waals surface area contributed by atoms with Crippen molar-refractivity contribution in [3.63, 3.8) is 0 Å². The van der Waals surface area contributed by atoms with E-state index in [2.05, 4.69) is 17.1 Å². The normalized spacial score (nSPS) is 19.6. The summed E-state index contributed by atoms with van der Waals surface area (Å²) in [7, 11) is 0. The van der Waals surface area contributed by atoms with Crippen LogP contribution in [0.3, 0.4) is 0 Å². The van der Waals surface area contributed by atoms with Gasteiger partial charge < -0.3 is 9.73 Å². The van der Waals surface area contributed by atoms with Gasteiger partial charge in [0.05, 0.1) is 12.6 Å². The summed E-state index contributed by atoms with van der Waals surface area (Å²) in [6.45, 7) is 5.81. The van der Waals surface area contributed by atoms with E-state index in [4.69, 9.17) is 4.42 Å². The first kappa shape index (κ1) is 13.0. The van der Waals surface area contributed by atoms with Crippen molar-refractivity contribution in [3.8, 4) is 0 Å². The molecule has 0 saturated carbocycles. The highest BCUT2D eigenvalue weighted by molar-refractivity contribution is 5.17. The number of furan rings is 1. The Labute approximate surface area is 106 Å². The van der Waals surface area contributed by atoms with E-state index in [1.807, 2.05) is 0 Å². The summed E-state index contributed by atoms with van der Waals surface area (Å²) in [5.41, 5.74) is 0. The molecule has 0 spiro atoms. The van der Waals surface area contributed by atoms with Crippen LogP contribution < -0.4 is 5.32 Å². The summed E-state index contributed by atoms with van der Waals surface area (Å²) >= 11 is 0. The molecule has 6 heteroatoms. The fourth-order valence-electron chi connectivity index (χ4n) is 2.38. The van der Waals surface area contributed by atoms with Crippen LogP contribution in [0, 0.1) is 10.1 Å². The maximum absolute atomic E-state index is 10.6. The lowest BCUT2D eigenvalue weighted by Gasteiger charge is -2.26. The van der Waals surface area contributed by atoms with Crippen LogP contribution in [-0.4, -0.2) is 35.5 Å². The molecule has 6 nitrogen and oxygen atoms in total. The third-order valence-electron chi connectivity index (χ3n) is 3.25. The Morgan fingerprint density at radius 2 is 2.44 bits per heavy atom. The van der Waals surface area contributed by atoms with Crippen molar-refractivity contribution in [1.82, 2.24) is 10.2 Å². The fourth-order valence-corrected chi connectivity index (χ4v) is 2.38. The predicted molar refractivity (Wildman–Crippen MR) is 67.3 cm³/mol. The molecule has 1 aromatic heterocycles. The first-order valence-electron chi connectivity index (χ1n) is 6.38. The largest absolute Gasteiger partial charge is 0.433 e. The minimum absolute atomic E-state index is 0.175. The molecule has 1 N–H and O–H groups in total.